The number of nitrogens with zero attached hydrogens (tertiary/aromatic N) is 1. The molecule has 0 aromatic rings. The van der Waals surface area contributed by atoms with Crippen molar-refractivity contribution in [3.63, 3.8) is 0 Å². The molecule has 0 spiro atoms. The van der Waals surface area contributed by atoms with Crippen molar-refractivity contribution in [3.05, 3.63) is 23.3 Å². The molecule has 0 bridgehead atoms. The number of aliphatic hydroxyl groups is 2. The zero-order chi connectivity index (χ0) is 18.2. The molecule has 0 aliphatic carbocycles. The lowest BCUT2D eigenvalue weighted by Crippen LogP contribution is -2.50. The fourth-order valence-corrected chi connectivity index (χ4v) is 3.85. The Bertz CT molecular complexity index is 627. The van der Waals surface area contributed by atoms with E-state index in [1.807, 2.05) is 6.08 Å². The number of carbonyl (C=O) groups excluding carboxylic acids is 2. The van der Waals surface area contributed by atoms with Gasteiger partial charge in [-0.25, -0.2) is 9.59 Å². The van der Waals surface area contributed by atoms with Crippen molar-refractivity contribution >= 4 is 11.9 Å². The summed E-state index contributed by atoms with van der Waals surface area (Å²) in [6, 6.07) is -0.0890. The molecule has 0 unspecified atom stereocenters. The highest BCUT2D eigenvalue weighted by Crippen LogP contribution is 2.34. The van der Waals surface area contributed by atoms with Crippen molar-refractivity contribution in [1.29, 1.82) is 0 Å². The molecule has 0 amide bonds. The van der Waals surface area contributed by atoms with Crippen molar-refractivity contribution in [2.45, 2.75) is 44.4 Å². The van der Waals surface area contributed by atoms with Crippen LogP contribution in [-0.2, 0) is 19.1 Å². The van der Waals surface area contributed by atoms with Gasteiger partial charge in [0.25, 0.3) is 0 Å². The summed E-state index contributed by atoms with van der Waals surface area (Å²) in [6.07, 6.45) is 4.20. The molecular weight excluding hydrogens is 326 g/mol. The predicted molar refractivity (Wildman–Crippen MR) is 88.5 cm³/mol. The van der Waals surface area contributed by atoms with E-state index >= 15 is 0 Å². The first kappa shape index (κ1) is 18.1. The number of rotatable bonds is 1. The molecule has 138 valence electrons. The Hall–Kier alpha value is -1.70. The first-order chi connectivity index (χ1) is 11.9. The summed E-state index contributed by atoms with van der Waals surface area (Å²) in [6.45, 7) is 4.12. The summed E-state index contributed by atoms with van der Waals surface area (Å²) in [5.74, 6) is -1.99. The number of ether oxygens (including phenoxy) is 2. The van der Waals surface area contributed by atoms with Crippen molar-refractivity contribution in [2.24, 2.45) is 5.92 Å². The van der Waals surface area contributed by atoms with Gasteiger partial charge in [-0.05, 0) is 25.3 Å². The van der Waals surface area contributed by atoms with Gasteiger partial charge in [0.1, 0.15) is 12.7 Å². The minimum atomic E-state index is -2.05. The number of cyclic esters (lactones) is 1. The SMILES string of the molecule is C/C=C1\C[C@H](C)[C@](O)(CO)C(=O)OCC2=CCN3CC[C@H](OC1=O)[C@H]23. The zero-order valence-electron chi connectivity index (χ0n) is 14.6. The Labute approximate surface area is 146 Å². The van der Waals surface area contributed by atoms with Crippen molar-refractivity contribution in [2.75, 3.05) is 26.3 Å². The highest BCUT2D eigenvalue weighted by molar-refractivity contribution is 5.89. The number of allylic oxidation sites excluding steroid dienone is 1. The van der Waals surface area contributed by atoms with E-state index in [0.29, 0.717) is 5.57 Å². The predicted octanol–water partition coefficient (Wildman–Crippen LogP) is 0.165. The normalized spacial score (nSPS) is 38.5. The van der Waals surface area contributed by atoms with Gasteiger partial charge < -0.3 is 19.7 Å². The quantitative estimate of drug-likeness (QED) is 0.395. The Morgan fingerprint density at radius 1 is 1.44 bits per heavy atom. The van der Waals surface area contributed by atoms with Crippen LogP contribution in [-0.4, -0.2) is 71.1 Å². The summed E-state index contributed by atoms with van der Waals surface area (Å²) < 4.78 is 11.1. The van der Waals surface area contributed by atoms with Crippen molar-refractivity contribution in [3.8, 4) is 0 Å². The van der Waals surface area contributed by atoms with E-state index in [-0.39, 0.29) is 25.2 Å². The lowest BCUT2D eigenvalue weighted by Gasteiger charge is -2.32. The third-order valence-corrected chi connectivity index (χ3v) is 5.59. The molecule has 7 heteroatoms. The van der Waals surface area contributed by atoms with Gasteiger partial charge in [0, 0.05) is 24.6 Å². The maximum absolute atomic E-state index is 12.6. The van der Waals surface area contributed by atoms with E-state index in [0.717, 1.165) is 25.1 Å². The molecule has 2 saturated heterocycles. The monoisotopic (exact) mass is 351 g/mol. The van der Waals surface area contributed by atoms with Crippen LogP contribution in [0, 0.1) is 5.92 Å². The number of aliphatic hydroxyl groups excluding tert-OH is 1. The molecular formula is C18H25NO6. The summed E-state index contributed by atoms with van der Waals surface area (Å²) in [7, 11) is 0. The summed E-state index contributed by atoms with van der Waals surface area (Å²) in [5.41, 5.74) is -0.796. The summed E-state index contributed by atoms with van der Waals surface area (Å²) in [5, 5.41) is 20.2. The minimum absolute atomic E-state index is 0.0273. The second-order valence-electron chi connectivity index (χ2n) is 7.03. The third-order valence-electron chi connectivity index (χ3n) is 5.59. The summed E-state index contributed by atoms with van der Waals surface area (Å²) >= 11 is 0. The average molecular weight is 351 g/mol. The van der Waals surface area contributed by atoms with Crippen LogP contribution in [0.1, 0.15) is 26.7 Å². The van der Waals surface area contributed by atoms with Crippen LogP contribution >= 0.6 is 0 Å². The fraction of sp³-hybridized carbons (Fsp3) is 0.667. The Kier molecular flexibility index (Phi) is 4.99. The van der Waals surface area contributed by atoms with Gasteiger partial charge in [-0.1, -0.05) is 19.1 Å². The first-order valence-corrected chi connectivity index (χ1v) is 8.70. The molecule has 3 aliphatic heterocycles. The smallest absolute Gasteiger partial charge is 0.341 e. The number of hydrogen-bond donors (Lipinski definition) is 2. The molecule has 7 nitrogen and oxygen atoms in total. The van der Waals surface area contributed by atoms with Gasteiger partial charge in [0.15, 0.2) is 5.60 Å². The first-order valence-electron chi connectivity index (χ1n) is 8.70. The molecule has 3 rings (SSSR count). The Morgan fingerprint density at radius 2 is 2.20 bits per heavy atom. The molecule has 2 N–H and O–H groups in total. The van der Waals surface area contributed by atoms with Gasteiger partial charge in [0.2, 0.25) is 0 Å². The third kappa shape index (κ3) is 3.12. The second-order valence-corrected chi connectivity index (χ2v) is 7.03. The van der Waals surface area contributed by atoms with Crippen LogP contribution in [0.15, 0.2) is 23.3 Å². The lowest BCUT2D eigenvalue weighted by molar-refractivity contribution is -0.176. The topological polar surface area (TPSA) is 96.3 Å². The maximum atomic E-state index is 12.6. The van der Waals surface area contributed by atoms with E-state index in [9.17, 15) is 19.8 Å². The molecule has 0 radical (unpaired) electrons. The highest BCUT2D eigenvalue weighted by atomic mass is 16.6. The van der Waals surface area contributed by atoms with Crippen LogP contribution < -0.4 is 0 Å². The maximum Gasteiger partial charge on any atom is 0.341 e. The van der Waals surface area contributed by atoms with E-state index in [1.165, 1.54) is 0 Å². The van der Waals surface area contributed by atoms with E-state index < -0.39 is 30.1 Å². The fourth-order valence-electron chi connectivity index (χ4n) is 3.85. The zero-order valence-corrected chi connectivity index (χ0v) is 14.6. The summed E-state index contributed by atoms with van der Waals surface area (Å²) in [4.78, 5) is 27.2. The van der Waals surface area contributed by atoms with Crippen LogP contribution in [0.3, 0.4) is 0 Å². The van der Waals surface area contributed by atoms with Crippen molar-refractivity contribution < 1.29 is 29.3 Å². The molecule has 25 heavy (non-hydrogen) atoms. The molecule has 0 aromatic heterocycles. The second kappa shape index (κ2) is 6.90. The van der Waals surface area contributed by atoms with E-state index in [4.69, 9.17) is 9.47 Å². The number of hydrogen-bond acceptors (Lipinski definition) is 7. The Balaban J connectivity index is 1.93. The van der Waals surface area contributed by atoms with Gasteiger partial charge in [0.05, 0.1) is 12.6 Å². The van der Waals surface area contributed by atoms with E-state index in [1.54, 1.807) is 19.9 Å². The van der Waals surface area contributed by atoms with Crippen LogP contribution in [0.4, 0.5) is 0 Å². The molecule has 0 saturated carbocycles. The molecule has 4 atom stereocenters. The van der Waals surface area contributed by atoms with Gasteiger partial charge in [-0.15, -0.1) is 0 Å². The lowest BCUT2D eigenvalue weighted by atomic mass is 9.84. The number of carbonyl (C=O) groups is 2. The standard InChI is InChI=1S/C18H25NO6/c1-3-12-8-11(2)18(23,10-20)17(22)24-9-13-4-6-19-7-5-14(15(13)19)25-16(12)21/h3-4,11,14-15,20,23H,5-10H2,1-2H3/b12-3+/t11-,14-,15-,18+/m0/s1. The largest absolute Gasteiger partial charge is 0.459 e. The van der Waals surface area contributed by atoms with Gasteiger partial charge >= 0.3 is 11.9 Å². The van der Waals surface area contributed by atoms with Crippen LogP contribution in [0.5, 0.6) is 0 Å². The minimum Gasteiger partial charge on any atom is -0.459 e. The van der Waals surface area contributed by atoms with Crippen LogP contribution in [0.2, 0.25) is 0 Å². The highest BCUT2D eigenvalue weighted by Gasteiger charge is 2.46. The molecule has 2 fully saturated rings. The molecule has 3 heterocycles. The molecule has 3 aliphatic rings. The number of esters is 2. The average Bonchev–Trinajstić information content (AvgIpc) is 3.18. The van der Waals surface area contributed by atoms with Gasteiger partial charge in [-0.2, -0.15) is 0 Å². The molecule has 0 aromatic carbocycles. The van der Waals surface area contributed by atoms with Gasteiger partial charge in [-0.3, -0.25) is 4.90 Å². The van der Waals surface area contributed by atoms with E-state index in [2.05, 4.69) is 4.90 Å². The van der Waals surface area contributed by atoms with Crippen LogP contribution in [0.25, 0.3) is 0 Å². The van der Waals surface area contributed by atoms with Crippen molar-refractivity contribution in [1.82, 2.24) is 4.90 Å². The Morgan fingerprint density at radius 3 is 2.88 bits per heavy atom.